The summed E-state index contributed by atoms with van der Waals surface area (Å²) in [6.45, 7) is 10.0. The van der Waals surface area contributed by atoms with E-state index in [2.05, 4.69) is 47.3 Å². The summed E-state index contributed by atoms with van der Waals surface area (Å²) in [5.41, 5.74) is 3.44. The van der Waals surface area contributed by atoms with E-state index in [0.29, 0.717) is 6.54 Å². The average molecular weight is 348 g/mol. The number of aromatic nitrogens is 2. The van der Waals surface area contributed by atoms with Crippen LogP contribution in [0.25, 0.3) is 0 Å². The van der Waals surface area contributed by atoms with Gasteiger partial charge < -0.3 is 10.6 Å². The maximum Gasteiger partial charge on any atom is 0.233 e. The van der Waals surface area contributed by atoms with Gasteiger partial charge in [-0.2, -0.15) is 0 Å². The number of nitrogens with one attached hydrogen (secondary N) is 2. The zero-order valence-corrected chi connectivity index (χ0v) is 15.1. The molecule has 0 saturated carbocycles. The van der Waals surface area contributed by atoms with Gasteiger partial charge in [0.2, 0.25) is 11.0 Å². The second-order valence-corrected chi connectivity index (χ2v) is 7.60. The van der Waals surface area contributed by atoms with E-state index in [9.17, 15) is 4.79 Å². The second-order valence-electron chi connectivity index (χ2n) is 5.04. The van der Waals surface area contributed by atoms with Crippen LogP contribution < -0.4 is 10.6 Å². The fourth-order valence-electron chi connectivity index (χ4n) is 1.83. The molecule has 122 valence electrons. The fourth-order valence-corrected chi connectivity index (χ4v) is 3.76. The molecule has 2 rings (SSSR count). The molecular weight excluding hydrogens is 328 g/mol. The van der Waals surface area contributed by atoms with Gasteiger partial charge in [-0.3, -0.25) is 4.79 Å². The van der Waals surface area contributed by atoms with Crippen LogP contribution in [-0.4, -0.2) is 27.9 Å². The molecule has 2 N–H and O–H groups in total. The monoisotopic (exact) mass is 348 g/mol. The van der Waals surface area contributed by atoms with Crippen molar-refractivity contribution in [3.05, 3.63) is 42.0 Å². The minimum absolute atomic E-state index is 0.0332. The number of amides is 1. The molecule has 0 fully saturated rings. The van der Waals surface area contributed by atoms with Gasteiger partial charge in [0.25, 0.3) is 0 Å². The number of benzene rings is 1. The molecule has 0 aliphatic heterocycles. The Balaban J connectivity index is 1.99. The number of aryl methyl sites for hydroxylation is 1. The standard InChI is InChI=1S/C16H20N4OS2/c1-5-9-17-14(21)12(4)22-16-20-19-15(23-16)18-13-8-6-7-10(2)11(13)3/h5-8,12H,1,9H2,2-4H3,(H,17,21)(H,18,19). The molecule has 5 nitrogen and oxygen atoms in total. The maximum atomic E-state index is 11.8. The predicted octanol–water partition coefficient (Wildman–Crippen LogP) is 3.68. The Labute approximate surface area is 144 Å². The van der Waals surface area contributed by atoms with Crippen LogP contribution >= 0.6 is 23.1 Å². The fraction of sp³-hybridized carbons (Fsp3) is 0.312. The maximum absolute atomic E-state index is 11.8. The molecule has 0 saturated heterocycles. The Morgan fingerprint density at radius 1 is 1.43 bits per heavy atom. The Bertz CT molecular complexity index is 699. The first kappa shape index (κ1) is 17.5. The number of hydrogen-bond donors (Lipinski definition) is 2. The molecule has 0 spiro atoms. The van der Waals surface area contributed by atoms with Crippen molar-refractivity contribution in [2.24, 2.45) is 0 Å². The van der Waals surface area contributed by atoms with E-state index in [1.54, 1.807) is 6.08 Å². The van der Waals surface area contributed by atoms with Crippen LogP contribution in [0.3, 0.4) is 0 Å². The zero-order valence-electron chi connectivity index (χ0n) is 13.4. The third-order valence-electron chi connectivity index (χ3n) is 3.32. The molecule has 23 heavy (non-hydrogen) atoms. The van der Waals surface area contributed by atoms with Crippen molar-refractivity contribution < 1.29 is 4.79 Å². The summed E-state index contributed by atoms with van der Waals surface area (Å²) in [6.07, 6.45) is 1.66. The molecule has 1 atom stereocenters. The van der Waals surface area contributed by atoms with Crippen molar-refractivity contribution in [3.8, 4) is 0 Å². The van der Waals surface area contributed by atoms with Crippen LogP contribution in [-0.2, 0) is 4.79 Å². The highest BCUT2D eigenvalue weighted by Gasteiger charge is 2.16. The SMILES string of the molecule is C=CCNC(=O)C(C)Sc1nnc(Nc2cccc(C)c2C)s1. The van der Waals surface area contributed by atoms with Gasteiger partial charge in [-0.25, -0.2) is 0 Å². The molecule has 1 aromatic heterocycles. The topological polar surface area (TPSA) is 66.9 Å². The number of thioether (sulfide) groups is 1. The Morgan fingerprint density at radius 3 is 2.96 bits per heavy atom. The molecule has 7 heteroatoms. The predicted molar refractivity (Wildman–Crippen MR) is 97.6 cm³/mol. The zero-order chi connectivity index (χ0) is 16.8. The van der Waals surface area contributed by atoms with Crippen molar-refractivity contribution in [1.82, 2.24) is 15.5 Å². The van der Waals surface area contributed by atoms with E-state index < -0.39 is 0 Å². The highest BCUT2D eigenvalue weighted by molar-refractivity contribution is 8.02. The normalized spacial score (nSPS) is 11.8. The molecule has 0 bridgehead atoms. The lowest BCUT2D eigenvalue weighted by Gasteiger charge is -2.08. The van der Waals surface area contributed by atoms with Gasteiger partial charge >= 0.3 is 0 Å². The quantitative estimate of drug-likeness (QED) is 0.590. The molecule has 1 heterocycles. The number of anilines is 2. The van der Waals surface area contributed by atoms with E-state index in [1.165, 1.54) is 34.2 Å². The molecule has 0 aliphatic carbocycles. The molecule has 1 unspecified atom stereocenters. The number of nitrogens with zero attached hydrogens (tertiary/aromatic N) is 2. The largest absolute Gasteiger partial charge is 0.352 e. The third-order valence-corrected chi connectivity index (χ3v) is 5.34. The van der Waals surface area contributed by atoms with E-state index in [-0.39, 0.29) is 11.2 Å². The third kappa shape index (κ3) is 4.80. The van der Waals surface area contributed by atoms with Crippen LogP contribution in [0, 0.1) is 13.8 Å². The van der Waals surface area contributed by atoms with Gasteiger partial charge in [-0.1, -0.05) is 41.3 Å². The van der Waals surface area contributed by atoms with Crippen molar-refractivity contribution in [2.45, 2.75) is 30.4 Å². The van der Waals surface area contributed by atoms with Crippen molar-refractivity contribution in [2.75, 3.05) is 11.9 Å². The lowest BCUT2D eigenvalue weighted by Crippen LogP contribution is -2.30. The van der Waals surface area contributed by atoms with Crippen molar-refractivity contribution in [3.63, 3.8) is 0 Å². The number of carbonyl (C=O) groups excluding carboxylic acids is 1. The van der Waals surface area contributed by atoms with Crippen molar-refractivity contribution in [1.29, 1.82) is 0 Å². The summed E-state index contributed by atoms with van der Waals surface area (Å²) >= 11 is 2.84. The van der Waals surface area contributed by atoms with Gasteiger partial charge in [0.05, 0.1) is 5.25 Å². The second kappa shape index (κ2) is 8.12. The van der Waals surface area contributed by atoms with Crippen LogP contribution in [0.2, 0.25) is 0 Å². The Morgan fingerprint density at radius 2 is 2.22 bits per heavy atom. The summed E-state index contributed by atoms with van der Waals surface area (Å²) in [6, 6.07) is 6.10. The van der Waals surface area contributed by atoms with Crippen LogP contribution in [0.1, 0.15) is 18.1 Å². The lowest BCUT2D eigenvalue weighted by molar-refractivity contribution is -0.120. The van der Waals surface area contributed by atoms with E-state index in [1.807, 2.05) is 19.1 Å². The van der Waals surface area contributed by atoms with Gasteiger partial charge in [-0.15, -0.1) is 16.8 Å². The van der Waals surface area contributed by atoms with E-state index in [0.717, 1.165) is 15.2 Å². The van der Waals surface area contributed by atoms with Crippen molar-refractivity contribution >= 4 is 39.8 Å². The van der Waals surface area contributed by atoms with Crippen LogP contribution in [0.5, 0.6) is 0 Å². The molecule has 0 radical (unpaired) electrons. The summed E-state index contributed by atoms with van der Waals surface area (Å²) in [5.74, 6) is -0.0332. The lowest BCUT2D eigenvalue weighted by atomic mass is 10.1. The number of carbonyl (C=O) groups is 1. The summed E-state index contributed by atoms with van der Waals surface area (Å²) in [4.78, 5) is 11.8. The first-order chi connectivity index (χ1) is 11.0. The molecule has 1 amide bonds. The smallest absolute Gasteiger partial charge is 0.233 e. The summed E-state index contributed by atoms with van der Waals surface area (Å²) < 4.78 is 0.763. The van der Waals surface area contributed by atoms with Crippen LogP contribution in [0.15, 0.2) is 35.2 Å². The molecule has 2 aromatic rings. The molecule has 0 aliphatic rings. The Hall–Kier alpha value is -1.86. The first-order valence-electron chi connectivity index (χ1n) is 7.23. The van der Waals surface area contributed by atoms with Crippen LogP contribution in [0.4, 0.5) is 10.8 Å². The van der Waals surface area contributed by atoms with Gasteiger partial charge in [0, 0.05) is 12.2 Å². The summed E-state index contributed by atoms with van der Waals surface area (Å²) in [7, 11) is 0. The van der Waals surface area contributed by atoms with E-state index in [4.69, 9.17) is 0 Å². The average Bonchev–Trinajstić information content (AvgIpc) is 2.96. The van der Waals surface area contributed by atoms with Gasteiger partial charge in [0.15, 0.2) is 4.34 Å². The van der Waals surface area contributed by atoms with Gasteiger partial charge in [0.1, 0.15) is 0 Å². The first-order valence-corrected chi connectivity index (χ1v) is 8.93. The molecule has 1 aromatic carbocycles. The minimum atomic E-state index is -0.226. The Kier molecular flexibility index (Phi) is 6.18. The highest BCUT2D eigenvalue weighted by atomic mass is 32.2. The number of rotatable bonds is 7. The highest BCUT2D eigenvalue weighted by Crippen LogP contribution is 2.31. The van der Waals surface area contributed by atoms with Gasteiger partial charge in [-0.05, 0) is 38.0 Å². The molecular formula is C16H20N4OS2. The summed E-state index contributed by atoms with van der Waals surface area (Å²) in [5, 5.41) is 14.8. The minimum Gasteiger partial charge on any atom is -0.352 e. The number of hydrogen-bond acceptors (Lipinski definition) is 6. The van der Waals surface area contributed by atoms with E-state index >= 15 is 0 Å².